The van der Waals surface area contributed by atoms with Crippen LogP contribution in [0.25, 0.3) is 0 Å². The average molecular weight is 342 g/mol. The Kier molecular flexibility index (Phi) is 490. The van der Waals surface area contributed by atoms with E-state index in [1.165, 1.54) is 27.1 Å². The molecule has 0 N–H and O–H groups in total. The molecule has 0 aromatic heterocycles. The van der Waals surface area contributed by atoms with Crippen LogP contribution < -0.4 is 226 Å². The minimum Gasteiger partial charge on any atom is -1.00 e. The summed E-state index contributed by atoms with van der Waals surface area (Å²) in [5.41, 5.74) is 0. The Bertz CT molecular complexity index is 132. The molecule has 0 atom stereocenters. The molecule has 0 aromatic carbocycles. The van der Waals surface area contributed by atoms with E-state index in [0.29, 0.717) is 0 Å². The van der Waals surface area contributed by atoms with E-state index >= 15 is 0 Å². The van der Waals surface area contributed by atoms with Gasteiger partial charge < -0.3 is 29.4 Å². The Morgan fingerprint density at radius 3 is 0.821 bits per heavy atom. The molecular formula is C9H36AlLi13O5. The molecule has 1 saturated heterocycles. The van der Waals surface area contributed by atoms with Crippen LogP contribution in [-0.4, -0.2) is 76.4 Å². The van der Waals surface area contributed by atoms with Crippen molar-refractivity contribution in [3.63, 3.8) is 0 Å². The SMILES string of the molecule is C.C1CCOC1.COOC.C[O][Al][O]C.[H-].[H-].[H-].[H-].[H-].[H-].[H-].[H-].[H-].[H-].[H-].[H-].[Li+].[Li+].[Li+].[Li+].[Li+].[Li+].[Li+].[Li+].[Li+].[Li+].[Li+].[Li+].[Li]. The standard InChI is InChI=1S/C4H8O.C2H6O2.2CH3O.CH4.Al.13Li.12H/c1-2-4-5-3-1;1-3-4-2;2*1-2;;;;;;;;;;;;;;;;;;;;;;;;;;;/h1-4H2;1-2H3;2*1H3;1H4;;;;;;;;;;;;;;;;;;;;;;;;;;/q;;2*-1;;+2;;12*+1;12*-1. The summed E-state index contributed by atoms with van der Waals surface area (Å²) in [5, 5.41) is 0. The van der Waals surface area contributed by atoms with Gasteiger partial charge in [0.15, 0.2) is 0 Å². The van der Waals surface area contributed by atoms with Crippen molar-refractivity contribution in [2.45, 2.75) is 20.3 Å². The molecule has 1 fully saturated rings. The second kappa shape index (κ2) is 125. The van der Waals surface area contributed by atoms with Gasteiger partial charge in [0.05, 0.1) is 14.2 Å². The fourth-order valence-corrected chi connectivity index (χ4v) is 0.799. The van der Waals surface area contributed by atoms with Crippen LogP contribution in [0.15, 0.2) is 0 Å². The van der Waals surface area contributed by atoms with Crippen LogP contribution in [0.1, 0.15) is 37.4 Å². The van der Waals surface area contributed by atoms with Crippen LogP contribution in [0, 0.1) is 0 Å². The summed E-state index contributed by atoms with van der Waals surface area (Å²) in [6.07, 6.45) is 2.56. The van der Waals surface area contributed by atoms with Crippen LogP contribution >= 0.6 is 0 Å². The molecule has 0 aliphatic carbocycles. The predicted molar refractivity (Wildman–Crippen MR) is 79.7 cm³/mol. The molecule has 28 heavy (non-hydrogen) atoms. The third-order valence-corrected chi connectivity index (χ3v) is 1.57. The van der Waals surface area contributed by atoms with Crippen LogP contribution in [0.4, 0.5) is 0 Å². The smallest absolute Gasteiger partial charge is 1.00 e. The number of rotatable bonds is 3. The normalized spacial score (nSPS) is 6.71. The predicted octanol–water partition coefficient (Wildman–Crippen LogP) is -33.5. The van der Waals surface area contributed by atoms with E-state index in [1.54, 1.807) is 14.2 Å². The summed E-state index contributed by atoms with van der Waals surface area (Å²) < 4.78 is 14.0. The zero-order valence-corrected chi connectivity index (χ0v) is 23.6. The topological polar surface area (TPSA) is 46.2 Å². The maximum atomic E-state index is 4.94. The van der Waals surface area contributed by atoms with Gasteiger partial charge in [0.1, 0.15) is 0 Å². The van der Waals surface area contributed by atoms with E-state index in [0.717, 1.165) is 13.2 Å². The molecule has 0 spiro atoms. The van der Waals surface area contributed by atoms with Gasteiger partial charge in [-0.15, -0.1) is 0 Å². The maximum absolute atomic E-state index is 4.94. The van der Waals surface area contributed by atoms with E-state index in [4.69, 9.17) is 4.74 Å². The summed E-state index contributed by atoms with van der Waals surface area (Å²) in [4.78, 5) is 8.08. The Labute approximate surface area is 356 Å². The van der Waals surface area contributed by atoms with Crippen molar-refractivity contribution in [3.8, 4) is 0 Å². The van der Waals surface area contributed by atoms with Gasteiger partial charge in [-0.3, -0.25) is 0 Å². The van der Waals surface area contributed by atoms with Gasteiger partial charge in [0, 0.05) is 46.3 Å². The Hall–Kier alpha value is 8.10. The van der Waals surface area contributed by atoms with E-state index < -0.39 is 0 Å². The number of ether oxygens (including phenoxy) is 1. The van der Waals surface area contributed by atoms with Crippen molar-refractivity contribution >= 4 is 34.7 Å². The third-order valence-electron chi connectivity index (χ3n) is 1.19. The summed E-state index contributed by atoms with van der Waals surface area (Å²) >= 11 is -0.185. The fourth-order valence-electron chi connectivity index (χ4n) is 0.607. The van der Waals surface area contributed by atoms with Gasteiger partial charge in [-0.25, -0.2) is 9.78 Å². The Morgan fingerprint density at radius 1 is 0.571 bits per heavy atom. The molecule has 2 radical (unpaired) electrons. The van der Waals surface area contributed by atoms with Crippen LogP contribution in [0.2, 0.25) is 0 Å². The molecule has 0 unspecified atom stereocenters. The van der Waals surface area contributed by atoms with Gasteiger partial charge in [0.2, 0.25) is 0 Å². The van der Waals surface area contributed by atoms with Crippen molar-refractivity contribution < 1.29 is 266 Å². The van der Waals surface area contributed by atoms with Crippen molar-refractivity contribution in [1.82, 2.24) is 0 Å². The molecule has 19 heteroatoms. The van der Waals surface area contributed by atoms with Crippen molar-refractivity contribution in [2.24, 2.45) is 0 Å². The Morgan fingerprint density at radius 2 is 0.786 bits per heavy atom. The van der Waals surface area contributed by atoms with Crippen molar-refractivity contribution in [3.05, 3.63) is 0 Å². The minimum absolute atomic E-state index is 0. The molecule has 1 aliphatic heterocycles. The van der Waals surface area contributed by atoms with Crippen LogP contribution in [-0.2, 0) is 22.1 Å². The maximum Gasteiger partial charge on any atom is 1.00 e. The molecular weight excluding hydrogens is 305 g/mol. The Balaban J connectivity index is -0.00000000157. The molecule has 0 saturated carbocycles. The van der Waals surface area contributed by atoms with Gasteiger partial charge in [-0.05, 0) is 12.8 Å². The van der Waals surface area contributed by atoms with Gasteiger partial charge >= 0.3 is 242 Å². The van der Waals surface area contributed by atoms with Crippen molar-refractivity contribution in [2.75, 3.05) is 41.7 Å². The fraction of sp³-hybridized carbons (Fsp3) is 1.00. The molecule has 5 nitrogen and oxygen atoms in total. The van der Waals surface area contributed by atoms with E-state index in [-0.39, 0.29) is 286 Å². The van der Waals surface area contributed by atoms with Gasteiger partial charge in [-0.1, -0.05) is 7.43 Å². The molecule has 0 amide bonds. The number of hydrogen-bond donors (Lipinski definition) is 0. The first-order chi connectivity index (χ1) is 6.83. The first kappa shape index (κ1) is 110. The minimum atomic E-state index is -0.185. The number of hydrogen-bond acceptors (Lipinski definition) is 5. The molecule has 0 aromatic rings. The molecule has 118 valence electrons. The van der Waals surface area contributed by atoms with Crippen LogP contribution in [0.3, 0.4) is 0 Å². The molecule has 1 heterocycles. The summed E-state index contributed by atoms with van der Waals surface area (Å²) in [6, 6.07) is 0. The summed E-state index contributed by atoms with van der Waals surface area (Å²) in [5.74, 6) is 0. The first-order valence-corrected chi connectivity index (χ1v) is 5.29. The molecule has 1 rings (SSSR count). The zero-order chi connectivity index (χ0) is 11.1. The third kappa shape index (κ3) is 144. The van der Waals surface area contributed by atoms with Gasteiger partial charge in [0.25, 0.3) is 0 Å². The van der Waals surface area contributed by atoms with Gasteiger partial charge in [-0.2, -0.15) is 0 Å². The van der Waals surface area contributed by atoms with Crippen LogP contribution in [0.5, 0.6) is 0 Å². The van der Waals surface area contributed by atoms with Crippen molar-refractivity contribution in [1.29, 1.82) is 0 Å². The van der Waals surface area contributed by atoms with E-state index in [1.807, 2.05) is 0 Å². The average Bonchev–Trinajstić information content (AvgIpc) is 2.78. The summed E-state index contributed by atoms with van der Waals surface area (Å²) in [6.45, 7) is 2.00. The second-order valence-electron chi connectivity index (χ2n) is 2.22. The second-order valence-corrected chi connectivity index (χ2v) is 3.36. The largest absolute Gasteiger partial charge is 1.00 e. The zero-order valence-electron chi connectivity index (χ0n) is 34.4. The summed E-state index contributed by atoms with van der Waals surface area (Å²) in [7, 11) is 6.16. The monoisotopic (exact) mass is 342 g/mol. The van der Waals surface area contributed by atoms with E-state index in [9.17, 15) is 0 Å². The van der Waals surface area contributed by atoms with E-state index in [2.05, 4.69) is 17.4 Å². The molecule has 0 bridgehead atoms. The molecule has 1 aliphatic rings. The first-order valence-electron chi connectivity index (χ1n) is 4.35. The quantitative estimate of drug-likeness (QED) is 0.290.